The molecular weight excluding hydrogens is 336 g/mol. The molecule has 1 saturated heterocycles. The molecule has 0 saturated carbocycles. The number of rotatable bonds is 3. The Hall–Kier alpha value is -2.33. The summed E-state index contributed by atoms with van der Waals surface area (Å²) in [6.45, 7) is 3.14. The van der Waals surface area contributed by atoms with Crippen LogP contribution >= 0.6 is 11.6 Å². The number of hydrogen-bond donors (Lipinski definition) is 1. The molecule has 25 heavy (non-hydrogen) atoms. The van der Waals surface area contributed by atoms with Crippen LogP contribution in [-0.4, -0.2) is 29.8 Å². The van der Waals surface area contributed by atoms with Gasteiger partial charge in [-0.05, 0) is 49.6 Å². The van der Waals surface area contributed by atoms with Crippen LogP contribution < -0.4 is 5.32 Å². The normalized spacial score (nSPS) is 15.0. The van der Waals surface area contributed by atoms with Gasteiger partial charge in [-0.15, -0.1) is 0 Å². The quantitative estimate of drug-likeness (QED) is 0.898. The molecule has 130 valence electrons. The van der Waals surface area contributed by atoms with Crippen LogP contribution in [0.25, 0.3) is 0 Å². The monoisotopic (exact) mass is 356 g/mol. The van der Waals surface area contributed by atoms with Gasteiger partial charge in [-0.2, -0.15) is 0 Å². The minimum Gasteiger partial charge on any atom is -0.339 e. The fraction of sp³-hybridized carbons (Fsp3) is 0.300. The Morgan fingerprint density at radius 1 is 1.08 bits per heavy atom. The third kappa shape index (κ3) is 4.20. The molecule has 1 fully saturated rings. The molecule has 1 aliphatic heterocycles. The van der Waals surface area contributed by atoms with E-state index in [9.17, 15) is 9.59 Å². The van der Waals surface area contributed by atoms with Gasteiger partial charge in [-0.25, -0.2) is 0 Å². The first kappa shape index (κ1) is 17.5. The molecule has 1 aliphatic rings. The first-order chi connectivity index (χ1) is 12.0. The number of likely N-dealkylation sites (tertiary alicyclic amines) is 1. The zero-order valence-electron chi connectivity index (χ0n) is 14.2. The molecule has 0 radical (unpaired) electrons. The van der Waals surface area contributed by atoms with Gasteiger partial charge in [-0.1, -0.05) is 35.9 Å². The second-order valence-electron chi connectivity index (χ2n) is 6.38. The number of nitrogens with one attached hydrogen (secondary N) is 1. The van der Waals surface area contributed by atoms with Crippen molar-refractivity contribution in [3.63, 3.8) is 0 Å². The van der Waals surface area contributed by atoms with Crippen molar-refractivity contribution in [2.45, 2.75) is 19.8 Å². The Balaban J connectivity index is 1.57. The van der Waals surface area contributed by atoms with Crippen molar-refractivity contribution in [3.05, 3.63) is 64.7 Å². The van der Waals surface area contributed by atoms with E-state index in [1.54, 1.807) is 18.2 Å². The number of piperidine rings is 1. The molecule has 1 N–H and O–H groups in total. The third-order valence-corrected chi connectivity index (χ3v) is 4.86. The van der Waals surface area contributed by atoms with Gasteiger partial charge < -0.3 is 10.2 Å². The maximum absolute atomic E-state index is 12.6. The summed E-state index contributed by atoms with van der Waals surface area (Å²) in [7, 11) is 0. The van der Waals surface area contributed by atoms with E-state index < -0.39 is 0 Å². The summed E-state index contributed by atoms with van der Waals surface area (Å²) in [6, 6.07) is 14.7. The van der Waals surface area contributed by atoms with E-state index in [1.165, 1.54) is 0 Å². The minimum absolute atomic E-state index is 0.00902. The average molecular weight is 357 g/mol. The van der Waals surface area contributed by atoms with Crippen LogP contribution in [0.2, 0.25) is 5.02 Å². The van der Waals surface area contributed by atoms with E-state index in [4.69, 9.17) is 11.6 Å². The Kier molecular flexibility index (Phi) is 5.39. The van der Waals surface area contributed by atoms with Crippen molar-refractivity contribution < 1.29 is 9.59 Å². The maximum Gasteiger partial charge on any atom is 0.254 e. The van der Waals surface area contributed by atoms with Crippen molar-refractivity contribution in [2.24, 2.45) is 5.92 Å². The molecule has 0 bridgehead atoms. The lowest BCUT2D eigenvalue weighted by Crippen LogP contribution is -2.41. The number of nitrogens with zero attached hydrogens (tertiary/aromatic N) is 1. The largest absolute Gasteiger partial charge is 0.339 e. The van der Waals surface area contributed by atoms with E-state index >= 15 is 0 Å². The van der Waals surface area contributed by atoms with Crippen molar-refractivity contribution in [1.29, 1.82) is 0 Å². The number of anilines is 1. The first-order valence-corrected chi connectivity index (χ1v) is 8.84. The summed E-state index contributed by atoms with van der Waals surface area (Å²) in [5.74, 6) is -0.0445. The van der Waals surface area contributed by atoms with E-state index in [-0.39, 0.29) is 17.7 Å². The van der Waals surface area contributed by atoms with Gasteiger partial charge in [0.1, 0.15) is 0 Å². The van der Waals surface area contributed by atoms with E-state index in [2.05, 4.69) is 5.32 Å². The topological polar surface area (TPSA) is 49.4 Å². The summed E-state index contributed by atoms with van der Waals surface area (Å²) >= 11 is 5.94. The third-order valence-electron chi connectivity index (χ3n) is 4.62. The van der Waals surface area contributed by atoms with Gasteiger partial charge in [0.2, 0.25) is 5.91 Å². The van der Waals surface area contributed by atoms with Crippen LogP contribution in [0.4, 0.5) is 5.69 Å². The predicted molar refractivity (Wildman–Crippen MR) is 99.9 cm³/mol. The highest BCUT2D eigenvalue weighted by Gasteiger charge is 2.28. The molecule has 0 unspecified atom stereocenters. The Morgan fingerprint density at radius 3 is 2.48 bits per heavy atom. The molecule has 0 aromatic heterocycles. The molecule has 0 atom stereocenters. The van der Waals surface area contributed by atoms with Gasteiger partial charge in [0.15, 0.2) is 0 Å². The second kappa shape index (κ2) is 7.70. The van der Waals surface area contributed by atoms with Crippen LogP contribution in [0.3, 0.4) is 0 Å². The maximum atomic E-state index is 12.6. The Morgan fingerprint density at radius 2 is 1.80 bits per heavy atom. The number of aryl methyl sites for hydroxylation is 1. The van der Waals surface area contributed by atoms with Crippen molar-refractivity contribution in [1.82, 2.24) is 4.90 Å². The molecule has 0 aliphatic carbocycles. The summed E-state index contributed by atoms with van der Waals surface area (Å²) in [5.41, 5.74) is 2.42. The van der Waals surface area contributed by atoms with Gasteiger partial charge in [0.25, 0.3) is 5.91 Å². The molecule has 2 amide bonds. The zero-order chi connectivity index (χ0) is 17.8. The van der Waals surface area contributed by atoms with Gasteiger partial charge in [-0.3, -0.25) is 9.59 Å². The lowest BCUT2D eigenvalue weighted by atomic mass is 9.95. The van der Waals surface area contributed by atoms with Crippen LogP contribution in [0.5, 0.6) is 0 Å². The fourth-order valence-corrected chi connectivity index (χ4v) is 3.33. The molecule has 5 heteroatoms. The number of benzene rings is 2. The predicted octanol–water partition coefficient (Wildman–Crippen LogP) is 4.14. The van der Waals surface area contributed by atoms with E-state index in [0.717, 1.165) is 11.1 Å². The number of halogens is 1. The first-order valence-electron chi connectivity index (χ1n) is 8.46. The summed E-state index contributed by atoms with van der Waals surface area (Å²) < 4.78 is 0. The van der Waals surface area contributed by atoms with Crippen molar-refractivity contribution in [3.8, 4) is 0 Å². The molecular formula is C20H21ClN2O2. The molecule has 4 nitrogen and oxygen atoms in total. The number of carbonyl (C=O) groups is 2. The molecule has 2 aromatic rings. The van der Waals surface area contributed by atoms with Gasteiger partial charge in [0.05, 0.1) is 0 Å². The van der Waals surface area contributed by atoms with Crippen molar-refractivity contribution >= 4 is 29.1 Å². The lowest BCUT2D eigenvalue weighted by Gasteiger charge is -2.31. The van der Waals surface area contributed by atoms with E-state index in [0.29, 0.717) is 36.6 Å². The van der Waals surface area contributed by atoms with Crippen LogP contribution in [0.1, 0.15) is 28.8 Å². The van der Waals surface area contributed by atoms with Crippen molar-refractivity contribution in [2.75, 3.05) is 18.4 Å². The van der Waals surface area contributed by atoms with Gasteiger partial charge in [0, 0.05) is 35.3 Å². The Bertz CT molecular complexity index is 783. The Labute approximate surface area is 152 Å². The highest BCUT2D eigenvalue weighted by atomic mass is 35.5. The lowest BCUT2D eigenvalue weighted by molar-refractivity contribution is -0.121. The fourth-order valence-electron chi connectivity index (χ4n) is 3.14. The standard InChI is InChI=1S/C20H21ClN2O2/c1-14-5-2-3-8-18(14)20(25)23-11-9-15(10-12-23)19(24)22-17-7-4-6-16(21)13-17/h2-8,13,15H,9-12H2,1H3,(H,22,24). The smallest absolute Gasteiger partial charge is 0.254 e. The highest BCUT2D eigenvalue weighted by Crippen LogP contribution is 2.22. The minimum atomic E-state index is -0.0834. The molecule has 2 aromatic carbocycles. The SMILES string of the molecule is Cc1ccccc1C(=O)N1CCC(C(=O)Nc2cccc(Cl)c2)CC1. The zero-order valence-corrected chi connectivity index (χ0v) is 14.9. The van der Waals surface area contributed by atoms with Crippen LogP contribution in [-0.2, 0) is 4.79 Å². The molecule has 1 heterocycles. The van der Waals surface area contributed by atoms with Crippen LogP contribution in [0, 0.1) is 12.8 Å². The van der Waals surface area contributed by atoms with E-state index in [1.807, 2.05) is 42.2 Å². The number of amides is 2. The van der Waals surface area contributed by atoms with Gasteiger partial charge >= 0.3 is 0 Å². The number of carbonyl (C=O) groups excluding carboxylic acids is 2. The average Bonchev–Trinajstić information content (AvgIpc) is 2.62. The summed E-state index contributed by atoms with van der Waals surface area (Å²) in [5, 5.41) is 3.50. The molecule has 3 rings (SSSR count). The number of hydrogen-bond acceptors (Lipinski definition) is 2. The second-order valence-corrected chi connectivity index (χ2v) is 6.82. The highest BCUT2D eigenvalue weighted by molar-refractivity contribution is 6.30. The summed E-state index contributed by atoms with van der Waals surface area (Å²) in [4.78, 5) is 26.9. The van der Waals surface area contributed by atoms with Crippen LogP contribution in [0.15, 0.2) is 48.5 Å². The molecule has 0 spiro atoms. The summed E-state index contributed by atoms with van der Waals surface area (Å²) in [6.07, 6.45) is 1.34.